The van der Waals surface area contributed by atoms with Crippen LogP contribution in [-0.2, 0) is 4.79 Å². The fourth-order valence-corrected chi connectivity index (χ4v) is 3.43. The standard InChI is InChI=1S/C20H21N5O2/c1-11(2)22-20(27)23-16-5-3-4-14-15(19(26)24-18(14)16)8-12-6-7-13-10-21-25-17(13)9-12/h3,5-11,14H,4H2,1-2H3,(H,21,25)(H,24,26)(H2,22,23,27)/b15-8+. The SMILES string of the molecule is CC(C)NC(=O)NC1=C2NC(=O)/C(=C/c3ccc4cn[nH]c4c3)C2CC=C1. The smallest absolute Gasteiger partial charge is 0.319 e. The summed E-state index contributed by atoms with van der Waals surface area (Å²) in [6.07, 6.45) is 8.19. The van der Waals surface area contributed by atoms with E-state index in [9.17, 15) is 9.59 Å². The zero-order chi connectivity index (χ0) is 19.0. The minimum Gasteiger partial charge on any atom is -0.336 e. The zero-order valence-electron chi connectivity index (χ0n) is 15.2. The molecule has 7 nitrogen and oxygen atoms in total. The van der Waals surface area contributed by atoms with Crippen molar-refractivity contribution in [3.63, 3.8) is 0 Å². The molecule has 3 amide bonds. The highest BCUT2D eigenvalue weighted by molar-refractivity contribution is 6.03. The second-order valence-corrected chi connectivity index (χ2v) is 7.04. The Balaban J connectivity index is 1.63. The normalized spacial score (nSPS) is 20.3. The number of hydrogen-bond donors (Lipinski definition) is 4. The van der Waals surface area contributed by atoms with E-state index in [1.807, 2.05) is 50.3 Å². The summed E-state index contributed by atoms with van der Waals surface area (Å²) >= 11 is 0. The lowest BCUT2D eigenvalue weighted by Crippen LogP contribution is -2.40. The molecule has 4 N–H and O–H groups in total. The fraction of sp³-hybridized carbons (Fsp3) is 0.250. The number of urea groups is 1. The minimum atomic E-state index is -0.283. The molecule has 0 bridgehead atoms. The number of amides is 3. The van der Waals surface area contributed by atoms with Gasteiger partial charge in [0.2, 0.25) is 0 Å². The van der Waals surface area contributed by atoms with Gasteiger partial charge in [-0.3, -0.25) is 9.89 Å². The van der Waals surface area contributed by atoms with Crippen molar-refractivity contribution in [3.05, 3.63) is 59.1 Å². The molecule has 1 aromatic carbocycles. The molecule has 2 heterocycles. The Hall–Kier alpha value is -3.35. The molecule has 4 rings (SSSR count). The van der Waals surface area contributed by atoms with E-state index in [1.54, 1.807) is 6.20 Å². The largest absolute Gasteiger partial charge is 0.336 e. The summed E-state index contributed by atoms with van der Waals surface area (Å²) in [5.41, 5.74) is 3.92. The first-order valence-corrected chi connectivity index (χ1v) is 8.95. The van der Waals surface area contributed by atoms with Crippen molar-refractivity contribution in [1.29, 1.82) is 0 Å². The zero-order valence-corrected chi connectivity index (χ0v) is 15.2. The number of allylic oxidation sites excluding steroid dienone is 3. The number of H-pyrrole nitrogens is 1. The molecule has 27 heavy (non-hydrogen) atoms. The molecule has 7 heteroatoms. The van der Waals surface area contributed by atoms with E-state index in [0.717, 1.165) is 22.2 Å². The molecule has 1 fully saturated rings. The van der Waals surface area contributed by atoms with Gasteiger partial charge >= 0.3 is 6.03 Å². The van der Waals surface area contributed by atoms with Crippen molar-refractivity contribution in [2.45, 2.75) is 26.3 Å². The molecule has 0 saturated carbocycles. The first-order valence-electron chi connectivity index (χ1n) is 8.95. The monoisotopic (exact) mass is 363 g/mol. The number of fused-ring (bicyclic) bond motifs is 2. The summed E-state index contributed by atoms with van der Waals surface area (Å²) in [5.74, 6) is -0.221. The highest BCUT2D eigenvalue weighted by atomic mass is 16.2. The van der Waals surface area contributed by atoms with Crippen LogP contribution in [0, 0.1) is 5.92 Å². The van der Waals surface area contributed by atoms with Crippen LogP contribution in [0.5, 0.6) is 0 Å². The van der Waals surface area contributed by atoms with Crippen LogP contribution < -0.4 is 16.0 Å². The maximum absolute atomic E-state index is 12.6. The van der Waals surface area contributed by atoms with Gasteiger partial charge in [0, 0.05) is 28.6 Å². The molecule has 1 unspecified atom stereocenters. The van der Waals surface area contributed by atoms with Crippen LogP contribution >= 0.6 is 0 Å². The van der Waals surface area contributed by atoms with Gasteiger partial charge in [-0.1, -0.05) is 18.2 Å². The first kappa shape index (κ1) is 17.1. The van der Waals surface area contributed by atoms with Crippen molar-refractivity contribution in [2.75, 3.05) is 0 Å². The fourth-order valence-electron chi connectivity index (χ4n) is 3.43. The van der Waals surface area contributed by atoms with E-state index >= 15 is 0 Å². The maximum atomic E-state index is 12.6. The molecule has 0 radical (unpaired) electrons. The number of benzene rings is 1. The molecule has 1 aromatic heterocycles. The van der Waals surface area contributed by atoms with Crippen LogP contribution in [0.3, 0.4) is 0 Å². The predicted molar refractivity (Wildman–Crippen MR) is 103 cm³/mol. The van der Waals surface area contributed by atoms with E-state index in [1.165, 1.54) is 0 Å². The van der Waals surface area contributed by atoms with E-state index in [-0.39, 0.29) is 23.9 Å². The Morgan fingerprint density at radius 1 is 1.37 bits per heavy atom. The van der Waals surface area contributed by atoms with Gasteiger partial charge in [-0.15, -0.1) is 0 Å². The second-order valence-electron chi connectivity index (χ2n) is 7.04. The molecule has 2 aliphatic rings. The lowest BCUT2D eigenvalue weighted by atomic mass is 9.90. The highest BCUT2D eigenvalue weighted by Gasteiger charge is 2.35. The summed E-state index contributed by atoms with van der Waals surface area (Å²) in [4.78, 5) is 24.6. The van der Waals surface area contributed by atoms with Crippen molar-refractivity contribution in [3.8, 4) is 0 Å². The molecular formula is C20H21N5O2. The lowest BCUT2D eigenvalue weighted by Gasteiger charge is -2.19. The van der Waals surface area contributed by atoms with Gasteiger partial charge in [0.1, 0.15) is 0 Å². The number of aromatic amines is 1. The number of carbonyl (C=O) groups is 2. The third-order valence-electron chi connectivity index (χ3n) is 4.64. The van der Waals surface area contributed by atoms with Crippen LogP contribution in [0.1, 0.15) is 25.8 Å². The van der Waals surface area contributed by atoms with Gasteiger partial charge in [-0.2, -0.15) is 5.10 Å². The molecule has 1 saturated heterocycles. The first-order chi connectivity index (χ1) is 13.0. The van der Waals surface area contributed by atoms with Crippen LogP contribution in [0.25, 0.3) is 17.0 Å². The average Bonchev–Trinajstić information content (AvgIpc) is 3.19. The third kappa shape index (κ3) is 3.36. The van der Waals surface area contributed by atoms with Crippen LogP contribution in [0.4, 0.5) is 4.79 Å². The molecule has 0 spiro atoms. The van der Waals surface area contributed by atoms with E-state index in [0.29, 0.717) is 17.7 Å². The Bertz CT molecular complexity index is 1010. The van der Waals surface area contributed by atoms with Gasteiger partial charge in [0.15, 0.2) is 0 Å². The molecule has 1 atom stereocenters. The molecule has 2 aromatic rings. The molecule has 1 aliphatic heterocycles. The van der Waals surface area contributed by atoms with Crippen molar-refractivity contribution in [2.24, 2.45) is 5.92 Å². The summed E-state index contributed by atoms with van der Waals surface area (Å²) in [5, 5.41) is 16.5. The summed E-state index contributed by atoms with van der Waals surface area (Å²) in [7, 11) is 0. The number of nitrogens with one attached hydrogen (secondary N) is 4. The Morgan fingerprint density at radius 3 is 3.04 bits per heavy atom. The number of rotatable bonds is 3. The molecule has 1 aliphatic carbocycles. The van der Waals surface area contributed by atoms with Crippen LogP contribution in [0.2, 0.25) is 0 Å². The van der Waals surface area contributed by atoms with Gasteiger partial charge in [0.05, 0.1) is 17.4 Å². The van der Waals surface area contributed by atoms with Crippen LogP contribution in [-0.4, -0.2) is 28.2 Å². The minimum absolute atomic E-state index is 0.0324. The van der Waals surface area contributed by atoms with Gasteiger partial charge in [0.25, 0.3) is 5.91 Å². The number of nitrogens with zero attached hydrogens (tertiary/aromatic N) is 1. The number of carbonyl (C=O) groups excluding carboxylic acids is 2. The number of hydrogen-bond acceptors (Lipinski definition) is 3. The maximum Gasteiger partial charge on any atom is 0.319 e. The summed E-state index contributed by atoms with van der Waals surface area (Å²) in [6.45, 7) is 3.79. The Morgan fingerprint density at radius 2 is 2.22 bits per heavy atom. The third-order valence-corrected chi connectivity index (χ3v) is 4.64. The number of aromatic nitrogens is 2. The summed E-state index contributed by atoms with van der Waals surface area (Å²) in [6, 6.07) is 5.66. The summed E-state index contributed by atoms with van der Waals surface area (Å²) < 4.78 is 0. The average molecular weight is 363 g/mol. The van der Waals surface area contributed by atoms with E-state index in [4.69, 9.17) is 0 Å². The Labute approximate surface area is 156 Å². The lowest BCUT2D eigenvalue weighted by molar-refractivity contribution is -0.115. The van der Waals surface area contributed by atoms with E-state index < -0.39 is 0 Å². The van der Waals surface area contributed by atoms with Crippen molar-refractivity contribution in [1.82, 2.24) is 26.1 Å². The van der Waals surface area contributed by atoms with E-state index in [2.05, 4.69) is 26.1 Å². The second kappa shape index (κ2) is 6.75. The van der Waals surface area contributed by atoms with Crippen molar-refractivity contribution < 1.29 is 9.59 Å². The Kier molecular flexibility index (Phi) is 4.27. The highest BCUT2D eigenvalue weighted by Crippen LogP contribution is 2.35. The van der Waals surface area contributed by atoms with Crippen molar-refractivity contribution >= 4 is 28.9 Å². The van der Waals surface area contributed by atoms with Gasteiger partial charge < -0.3 is 16.0 Å². The van der Waals surface area contributed by atoms with Crippen LogP contribution in [0.15, 0.2) is 53.5 Å². The molecule has 138 valence electrons. The van der Waals surface area contributed by atoms with Gasteiger partial charge in [-0.25, -0.2) is 4.79 Å². The topological polar surface area (TPSA) is 98.9 Å². The predicted octanol–water partition coefficient (Wildman–Crippen LogP) is 2.57. The quantitative estimate of drug-likeness (QED) is 0.631. The van der Waals surface area contributed by atoms with Gasteiger partial charge in [-0.05, 0) is 44.1 Å². The molecular weight excluding hydrogens is 342 g/mol.